The van der Waals surface area contributed by atoms with Crippen molar-refractivity contribution in [3.63, 3.8) is 0 Å². The number of para-hydroxylation sites is 1. The molecule has 3 nitrogen and oxygen atoms in total. The normalized spacial score (nSPS) is 19.2. The van der Waals surface area contributed by atoms with Crippen LogP contribution >= 0.6 is 0 Å². The first-order chi connectivity index (χ1) is 12.2. The zero-order valence-electron chi connectivity index (χ0n) is 15.2. The van der Waals surface area contributed by atoms with E-state index < -0.39 is 5.54 Å². The summed E-state index contributed by atoms with van der Waals surface area (Å²) in [5.41, 5.74) is 15.7. The van der Waals surface area contributed by atoms with Crippen LogP contribution in [-0.2, 0) is 12.0 Å². The highest BCUT2D eigenvalue weighted by Gasteiger charge is 2.42. The van der Waals surface area contributed by atoms with E-state index in [1.807, 2.05) is 24.3 Å². The van der Waals surface area contributed by atoms with Crippen LogP contribution in [0.15, 0.2) is 54.6 Å². The molecule has 2 aromatic carbocycles. The van der Waals surface area contributed by atoms with Gasteiger partial charge in [-0.25, -0.2) is 0 Å². The number of methoxy groups -OCH3 is 1. The molecule has 0 amide bonds. The Morgan fingerprint density at radius 1 is 1.00 bits per heavy atom. The van der Waals surface area contributed by atoms with Crippen LogP contribution in [0.2, 0.25) is 0 Å². The van der Waals surface area contributed by atoms with Crippen LogP contribution in [0.25, 0.3) is 0 Å². The van der Waals surface area contributed by atoms with Gasteiger partial charge in [-0.3, -0.25) is 0 Å². The lowest BCUT2D eigenvalue weighted by atomic mass is 9.67. The molecule has 0 aromatic heterocycles. The molecule has 0 bridgehead atoms. The molecule has 0 spiro atoms. The van der Waals surface area contributed by atoms with Gasteiger partial charge < -0.3 is 16.2 Å². The van der Waals surface area contributed by atoms with Gasteiger partial charge in [0, 0.05) is 6.04 Å². The average molecular weight is 338 g/mol. The predicted molar refractivity (Wildman–Crippen MR) is 104 cm³/mol. The molecule has 0 heterocycles. The fraction of sp³-hybridized carbons (Fsp3) is 0.455. The van der Waals surface area contributed by atoms with Crippen LogP contribution in [0.3, 0.4) is 0 Å². The maximum absolute atomic E-state index is 7.11. The van der Waals surface area contributed by atoms with Crippen LogP contribution in [0.5, 0.6) is 5.75 Å². The van der Waals surface area contributed by atoms with Gasteiger partial charge in [0.25, 0.3) is 0 Å². The number of ether oxygens (including phenoxy) is 1. The summed E-state index contributed by atoms with van der Waals surface area (Å²) in [4.78, 5) is 0. The van der Waals surface area contributed by atoms with Crippen molar-refractivity contribution in [3.8, 4) is 5.75 Å². The molecule has 2 atom stereocenters. The van der Waals surface area contributed by atoms with E-state index in [0.29, 0.717) is 12.3 Å². The second kappa shape index (κ2) is 8.03. The summed E-state index contributed by atoms with van der Waals surface area (Å²) < 4.78 is 5.51. The SMILES string of the molecule is COc1ccccc1CC(N)C(N)(c1ccccc1)C1CCCCC1. The molecule has 1 aliphatic rings. The van der Waals surface area contributed by atoms with Gasteiger partial charge in [-0.15, -0.1) is 0 Å². The Morgan fingerprint density at radius 3 is 2.32 bits per heavy atom. The lowest BCUT2D eigenvalue weighted by molar-refractivity contribution is 0.171. The summed E-state index contributed by atoms with van der Waals surface area (Å²) in [6, 6.07) is 18.4. The van der Waals surface area contributed by atoms with Crippen molar-refractivity contribution in [2.24, 2.45) is 17.4 Å². The van der Waals surface area contributed by atoms with E-state index >= 15 is 0 Å². The lowest BCUT2D eigenvalue weighted by Crippen LogP contribution is -2.58. The molecule has 2 aromatic rings. The Morgan fingerprint density at radius 2 is 1.64 bits per heavy atom. The minimum absolute atomic E-state index is 0.158. The molecule has 25 heavy (non-hydrogen) atoms. The highest BCUT2D eigenvalue weighted by Crippen LogP contribution is 2.40. The molecule has 1 fully saturated rings. The van der Waals surface area contributed by atoms with Crippen LogP contribution in [-0.4, -0.2) is 13.2 Å². The molecule has 4 N–H and O–H groups in total. The molecule has 3 heteroatoms. The minimum atomic E-state index is -0.511. The number of rotatable bonds is 6. The van der Waals surface area contributed by atoms with Gasteiger partial charge >= 0.3 is 0 Å². The molecule has 3 rings (SSSR count). The molecule has 2 unspecified atom stereocenters. The fourth-order valence-corrected chi connectivity index (χ4v) is 4.34. The maximum atomic E-state index is 7.11. The van der Waals surface area contributed by atoms with Gasteiger partial charge in [0.05, 0.1) is 12.6 Å². The standard InChI is InChI=1S/C22H30N2O/c1-25-20-15-9-8-10-17(20)16-21(23)22(24,18-11-4-2-5-12-18)19-13-6-3-7-14-19/h2,4-5,8-12,15,19,21H,3,6-7,13-14,16,23-24H2,1H3. The summed E-state index contributed by atoms with van der Waals surface area (Å²) in [6.45, 7) is 0. The quantitative estimate of drug-likeness (QED) is 0.837. The largest absolute Gasteiger partial charge is 0.496 e. The first-order valence-electron chi connectivity index (χ1n) is 9.38. The van der Waals surface area contributed by atoms with Crippen LogP contribution in [0.1, 0.15) is 43.2 Å². The Kier molecular flexibility index (Phi) is 5.77. The summed E-state index contributed by atoms with van der Waals surface area (Å²) in [5, 5.41) is 0. The third-order valence-electron chi connectivity index (χ3n) is 5.80. The predicted octanol–water partition coefficient (Wildman–Crippen LogP) is 4.00. The van der Waals surface area contributed by atoms with E-state index in [2.05, 4.69) is 30.3 Å². The van der Waals surface area contributed by atoms with E-state index in [1.165, 1.54) is 19.3 Å². The van der Waals surface area contributed by atoms with Crippen LogP contribution < -0.4 is 16.2 Å². The van der Waals surface area contributed by atoms with Crippen molar-refractivity contribution in [1.82, 2.24) is 0 Å². The van der Waals surface area contributed by atoms with Crippen molar-refractivity contribution in [2.45, 2.75) is 50.1 Å². The molecule has 0 radical (unpaired) electrons. The van der Waals surface area contributed by atoms with E-state index in [4.69, 9.17) is 16.2 Å². The third-order valence-corrected chi connectivity index (χ3v) is 5.80. The smallest absolute Gasteiger partial charge is 0.122 e. The van der Waals surface area contributed by atoms with Crippen molar-refractivity contribution >= 4 is 0 Å². The number of benzene rings is 2. The summed E-state index contributed by atoms with van der Waals surface area (Å²) in [6.07, 6.45) is 6.83. The van der Waals surface area contributed by atoms with E-state index in [9.17, 15) is 0 Å². The maximum Gasteiger partial charge on any atom is 0.122 e. The summed E-state index contributed by atoms with van der Waals surface area (Å²) >= 11 is 0. The van der Waals surface area contributed by atoms with Gasteiger partial charge in [0.2, 0.25) is 0 Å². The van der Waals surface area contributed by atoms with Gasteiger partial charge in [0.15, 0.2) is 0 Å². The van der Waals surface area contributed by atoms with Crippen LogP contribution in [0, 0.1) is 5.92 Å². The van der Waals surface area contributed by atoms with Crippen molar-refractivity contribution in [3.05, 3.63) is 65.7 Å². The van der Waals surface area contributed by atoms with E-state index in [1.54, 1.807) is 7.11 Å². The van der Waals surface area contributed by atoms with Gasteiger partial charge in [-0.05, 0) is 42.4 Å². The second-order valence-electron chi connectivity index (χ2n) is 7.26. The molecule has 134 valence electrons. The highest BCUT2D eigenvalue weighted by molar-refractivity contribution is 5.36. The number of nitrogens with two attached hydrogens (primary N) is 2. The first kappa shape index (κ1) is 18.0. The molecule has 1 aliphatic carbocycles. The van der Waals surface area contributed by atoms with Crippen molar-refractivity contribution in [1.29, 1.82) is 0 Å². The van der Waals surface area contributed by atoms with E-state index in [0.717, 1.165) is 29.7 Å². The number of hydrogen-bond donors (Lipinski definition) is 2. The Balaban J connectivity index is 1.93. The summed E-state index contributed by atoms with van der Waals surface area (Å²) in [7, 11) is 1.71. The first-order valence-corrected chi connectivity index (χ1v) is 9.38. The zero-order chi connectivity index (χ0) is 17.7. The molecule has 0 saturated heterocycles. The minimum Gasteiger partial charge on any atom is -0.496 e. The molecular formula is C22H30N2O. The highest BCUT2D eigenvalue weighted by atomic mass is 16.5. The summed E-state index contributed by atoms with van der Waals surface area (Å²) in [5.74, 6) is 1.31. The van der Waals surface area contributed by atoms with Crippen molar-refractivity contribution < 1.29 is 4.74 Å². The third kappa shape index (κ3) is 3.73. The Hall–Kier alpha value is -1.84. The van der Waals surface area contributed by atoms with Gasteiger partial charge in [-0.2, -0.15) is 0 Å². The topological polar surface area (TPSA) is 61.3 Å². The van der Waals surface area contributed by atoms with Gasteiger partial charge in [-0.1, -0.05) is 67.8 Å². The Labute approximate surface area is 151 Å². The van der Waals surface area contributed by atoms with Crippen molar-refractivity contribution in [2.75, 3.05) is 7.11 Å². The number of hydrogen-bond acceptors (Lipinski definition) is 3. The zero-order valence-corrected chi connectivity index (χ0v) is 15.2. The van der Waals surface area contributed by atoms with Crippen LogP contribution in [0.4, 0.5) is 0 Å². The molecule has 1 saturated carbocycles. The van der Waals surface area contributed by atoms with Gasteiger partial charge in [0.1, 0.15) is 5.75 Å². The van der Waals surface area contributed by atoms with E-state index in [-0.39, 0.29) is 6.04 Å². The monoisotopic (exact) mass is 338 g/mol. The second-order valence-corrected chi connectivity index (χ2v) is 7.26. The molecule has 0 aliphatic heterocycles. The molecular weight excluding hydrogens is 308 g/mol. The average Bonchev–Trinajstić information content (AvgIpc) is 2.69. The lowest BCUT2D eigenvalue weighted by Gasteiger charge is -2.44. The fourth-order valence-electron chi connectivity index (χ4n) is 4.34. The Bertz CT molecular complexity index is 667.